The van der Waals surface area contributed by atoms with Gasteiger partial charge in [-0.1, -0.05) is 0 Å². The van der Waals surface area contributed by atoms with Gasteiger partial charge in [0.25, 0.3) is 0 Å². The molecule has 1 aromatic heterocycles. The molecule has 4 heteroatoms. The van der Waals surface area contributed by atoms with Gasteiger partial charge in [0.05, 0.1) is 0 Å². The molecule has 1 N–H and O–H groups in total. The summed E-state index contributed by atoms with van der Waals surface area (Å²) < 4.78 is 1.26. The molecule has 0 amide bonds. The summed E-state index contributed by atoms with van der Waals surface area (Å²) in [6, 6.07) is 2.95. The molecule has 0 bridgehead atoms. The van der Waals surface area contributed by atoms with Crippen molar-refractivity contribution in [1.29, 1.82) is 0 Å². The highest BCUT2D eigenvalue weighted by molar-refractivity contribution is 9.10. The highest BCUT2D eigenvalue weighted by Crippen LogP contribution is 2.28. The van der Waals surface area contributed by atoms with Gasteiger partial charge in [0.1, 0.15) is 0 Å². The van der Waals surface area contributed by atoms with Crippen molar-refractivity contribution in [3.05, 3.63) is 20.3 Å². The molecule has 1 fully saturated rings. The standard InChI is InChI=1S/C11H17BrN2S/c1-8-11(12)5-10(15-8)7-14-4-3-9(6-14)13-2/h5,9,13H,3-4,6-7H2,1-2H3. The molecule has 1 aromatic rings. The normalized spacial score (nSPS) is 22.5. The van der Waals surface area contributed by atoms with Crippen LogP contribution in [0.4, 0.5) is 0 Å². The number of nitrogens with one attached hydrogen (secondary N) is 1. The fourth-order valence-electron chi connectivity index (χ4n) is 2.03. The fourth-order valence-corrected chi connectivity index (χ4v) is 3.67. The van der Waals surface area contributed by atoms with Crippen molar-refractivity contribution in [3.8, 4) is 0 Å². The van der Waals surface area contributed by atoms with Crippen molar-refractivity contribution in [2.45, 2.75) is 25.9 Å². The molecule has 1 atom stereocenters. The van der Waals surface area contributed by atoms with E-state index in [-0.39, 0.29) is 0 Å². The van der Waals surface area contributed by atoms with Gasteiger partial charge < -0.3 is 5.32 Å². The van der Waals surface area contributed by atoms with E-state index in [1.807, 2.05) is 11.3 Å². The van der Waals surface area contributed by atoms with E-state index in [0.717, 1.165) is 6.54 Å². The zero-order valence-corrected chi connectivity index (χ0v) is 11.6. The van der Waals surface area contributed by atoms with Crippen LogP contribution in [0.1, 0.15) is 16.2 Å². The van der Waals surface area contributed by atoms with Crippen molar-refractivity contribution in [2.75, 3.05) is 20.1 Å². The van der Waals surface area contributed by atoms with Crippen LogP contribution in [0.15, 0.2) is 10.5 Å². The van der Waals surface area contributed by atoms with Crippen LogP contribution in [0.2, 0.25) is 0 Å². The van der Waals surface area contributed by atoms with E-state index in [9.17, 15) is 0 Å². The summed E-state index contributed by atoms with van der Waals surface area (Å²) in [4.78, 5) is 5.38. The Labute approximate surface area is 104 Å². The minimum Gasteiger partial charge on any atom is -0.316 e. The molecule has 2 heterocycles. The van der Waals surface area contributed by atoms with E-state index >= 15 is 0 Å². The molecule has 0 saturated carbocycles. The lowest BCUT2D eigenvalue weighted by molar-refractivity contribution is 0.325. The molecule has 0 spiro atoms. The van der Waals surface area contributed by atoms with Crippen LogP contribution < -0.4 is 5.32 Å². The Morgan fingerprint density at radius 2 is 2.47 bits per heavy atom. The van der Waals surface area contributed by atoms with E-state index < -0.39 is 0 Å². The quantitative estimate of drug-likeness (QED) is 0.920. The maximum atomic E-state index is 3.57. The summed E-state index contributed by atoms with van der Waals surface area (Å²) in [6.45, 7) is 5.68. The summed E-state index contributed by atoms with van der Waals surface area (Å²) in [7, 11) is 2.06. The third kappa shape index (κ3) is 2.81. The lowest BCUT2D eigenvalue weighted by Crippen LogP contribution is -2.29. The first-order valence-electron chi connectivity index (χ1n) is 5.33. The molecule has 2 nitrogen and oxygen atoms in total. The molecule has 15 heavy (non-hydrogen) atoms. The summed E-state index contributed by atoms with van der Waals surface area (Å²) in [6.07, 6.45) is 1.28. The largest absolute Gasteiger partial charge is 0.316 e. The third-order valence-corrected chi connectivity index (χ3v) is 5.09. The number of halogens is 1. The van der Waals surface area contributed by atoms with Crippen LogP contribution in [-0.2, 0) is 6.54 Å². The molecule has 1 aliphatic heterocycles. The predicted octanol–water partition coefficient (Wildman–Crippen LogP) is 2.61. The van der Waals surface area contributed by atoms with Gasteiger partial charge in [0, 0.05) is 39.9 Å². The lowest BCUT2D eigenvalue weighted by Gasteiger charge is -2.14. The van der Waals surface area contributed by atoms with E-state index in [2.05, 4.69) is 46.2 Å². The average molecular weight is 289 g/mol. The number of thiophene rings is 1. The molecule has 1 unspecified atom stereocenters. The van der Waals surface area contributed by atoms with Crippen molar-refractivity contribution < 1.29 is 0 Å². The molecule has 2 rings (SSSR count). The number of likely N-dealkylation sites (N-methyl/N-ethyl adjacent to an activating group) is 1. The number of likely N-dealkylation sites (tertiary alicyclic amines) is 1. The van der Waals surface area contributed by atoms with Gasteiger partial charge in [-0.25, -0.2) is 0 Å². The minimum absolute atomic E-state index is 0.689. The second-order valence-electron chi connectivity index (χ2n) is 4.13. The summed E-state index contributed by atoms with van der Waals surface area (Å²) >= 11 is 5.47. The second kappa shape index (κ2) is 4.95. The maximum absolute atomic E-state index is 3.57. The highest BCUT2D eigenvalue weighted by atomic mass is 79.9. The van der Waals surface area contributed by atoms with E-state index in [4.69, 9.17) is 0 Å². The molecule has 0 radical (unpaired) electrons. The Hall–Kier alpha value is 0.1000. The first-order chi connectivity index (χ1) is 7.19. The van der Waals surface area contributed by atoms with Crippen molar-refractivity contribution >= 4 is 27.3 Å². The van der Waals surface area contributed by atoms with Crippen LogP contribution in [0.5, 0.6) is 0 Å². The monoisotopic (exact) mass is 288 g/mol. The zero-order chi connectivity index (χ0) is 10.8. The van der Waals surface area contributed by atoms with Gasteiger partial charge in [0.15, 0.2) is 0 Å². The number of hydrogen-bond acceptors (Lipinski definition) is 3. The summed E-state index contributed by atoms with van der Waals surface area (Å²) in [5.74, 6) is 0. The second-order valence-corrected chi connectivity index (χ2v) is 6.32. The van der Waals surface area contributed by atoms with E-state index in [1.165, 1.54) is 33.7 Å². The molecular weight excluding hydrogens is 272 g/mol. The Kier molecular flexibility index (Phi) is 3.83. The molecule has 84 valence electrons. The minimum atomic E-state index is 0.689. The van der Waals surface area contributed by atoms with Crippen LogP contribution in [0.25, 0.3) is 0 Å². The Balaban J connectivity index is 1.92. The van der Waals surface area contributed by atoms with Crippen LogP contribution >= 0.6 is 27.3 Å². The van der Waals surface area contributed by atoms with Crippen LogP contribution in [0, 0.1) is 6.92 Å². The molecular formula is C11H17BrN2S. The third-order valence-electron chi connectivity index (χ3n) is 2.97. The highest BCUT2D eigenvalue weighted by Gasteiger charge is 2.21. The van der Waals surface area contributed by atoms with Crippen LogP contribution in [-0.4, -0.2) is 31.1 Å². The smallest absolute Gasteiger partial charge is 0.0329 e. The maximum Gasteiger partial charge on any atom is 0.0329 e. The van der Waals surface area contributed by atoms with Gasteiger partial charge in [-0.2, -0.15) is 0 Å². The Morgan fingerprint density at radius 1 is 1.67 bits per heavy atom. The Bertz CT molecular complexity index is 318. The molecule has 0 aliphatic carbocycles. The van der Waals surface area contributed by atoms with Gasteiger partial charge in [-0.05, 0) is 42.4 Å². The number of hydrogen-bond donors (Lipinski definition) is 1. The van der Waals surface area contributed by atoms with Gasteiger partial charge in [-0.3, -0.25) is 4.90 Å². The van der Waals surface area contributed by atoms with Crippen molar-refractivity contribution in [1.82, 2.24) is 10.2 Å². The lowest BCUT2D eigenvalue weighted by atomic mass is 10.3. The summed E-state index contributed by atoms with van der Waals surface area (Å²) in [5, 5.41) is 3.35. The number of nitrogens with zero attached hydrogens (tertiary/aromatic N) is 1. The first-order valence-corrected chi connectivity index (χ1v) is 6.94. The Morgan fingerprint density at radius 3 is 3.00 bits per heavy atom. The van der Waals surface area contributed by atoms with Crippen molar-refractivity contribution in [2.24, 2.45) is 0 Å². The van der Waals surface area contributed by atoms with Gasteiger partial charge >= 0.3 is 0 Å². The predicted molar refractivity (Wildman–Crippen MR) is 69.5 cm³/mol. The van der Waals surface area contributed by atoms with Crippen LogP contribution in [0.3, 0.4) is 0 Å². The number of rotatable bonds is 3. The fraction of sp³-hybridized carbons (Fsp3) is 0.636. The summed E-state index contributed by atoms with van der Waals surface area (Å²) in [5.41, 5.74) is 0. The molecule has 1 saturated heterocycles. The molecule has 0 aromatic carbocycles. The van der Waals surface area contributed by atoms with Gasteiger partial charge in [0.2, 0.25) is 0 Å². The number of aryl methyl sites for hydroxylation is 1. The average Bonchev–Trinajstić information content (AvgIpc) is 2.76. The van der Waals surface area contributed by atoms with E-state index in [0.29, 0.717) is 6.04 Å². The first kappa shape index (κ1) is 11.6. The van der Waals surface area contributed by atoms with Gasteiger partial charge in [-0.15, -0.1) is 11.3 Å². The SMILES string of the molecule is CNC1CCN(Cc2cc(Br)c(C)s2)C1. The van der Waals surface area contributed by atoms with Crippen molar-refractivity contribution in [3.63, 3.8) is 0 Å². The zero-order valence-electron chi connectivity index (χ0n) is 9.22. The van der Waals surface area contributed by atoms with E-state index in [1.54, 1.807) is 0 Å². The molecule has 1 aliphatic rings. The topological polar surface area (TPSA) is 15.3 Å².